The van der Waals surface area contributed by atoms with Crippen molar-refractivity contribution in [2.75, 3.05) is 7.11 Å². The minimum atomic E-state index is -0.484. The molecule has 0 saturated carbocycles. The van der Waals surface area contributed by atoms with Crippen molar-refractivity contribution >= 4 is 11.8 Å². The van der Waals surface area contributed by atoms with E-state index in [2.05, 4.69) is 0 Å². The van der Waals surface area contributed by atoms with Crippen LogP contribution in [0.3, 0.4) is 0 Å². The Labute approximate surface area is 129 Å². The zero-order valence-electron chi connectivity index (χ0n) is 12.6. The molecule has 0 spiro atoms. The van der Waals surface area contributed by atoms with Crippen molar-refractivity contribution < 1.29 is 19.4 Å². The Morgan fingerprint density at radius 3 is 2.50 bits per heavy atom. The zero-order chi connectivity index (χ0) is 16.1. The number of carbonyl (C=O) groups excluding carboxylic acids is 2. The summed E-state index contributed by atoms with van der Waals surface area (Å²) in [7, 11) is 1.34. The predicted molar refractivity (Wildman–Crippen MR) is 83.0 cm³/mol. The lowest BCUT2D eigenvalue weighted by Gasteiger charge is -2.16. The molecule has 0 bridgehead atoms. The molecular weight excluding hydrogens is 280 g/mol. The van der Waals surface area contributed by atoms with E-state index in [1.54, 1.807) is 36.4 Å². The van der Waals surface area contributed by atoms with E-state index in [0.29, 0.717) is 23.1 Å². The number of esters is 1. The molecule has 2 rings (SSSR count). The Bertz CT molecular complexity index is 691. The first-order valence-electron chi connectivity index (χ1n) is 7.09. The third-order valence-corrected chi connectivity index (χ3v) is 3.58. The normalized spacial score (nSPS) is 11.7. The summed E-state index contributed by atoms with van der Waals surface area (Å²) in [6.45, 7) is 1.87. The molecule has 0 aliphatic rings. The lowest BCUT2D eigenvalue weighted by molar-refractivity contribution is -0.142. The largest absolute Gasteiger partial charge is 0.508 e. The van der Waals surface area contributed by atoms with Gasteiger partial charge in [-0.2, -0.15) is 0 Å². The smallest absolute Gasteiger partial charge is 0.313 e. The summed E-state index contributed by atoms with van der Waals surface area (Å²) >= 11 is 0. The van der Waals surface area contributed by atoms with Gasteiger partial charge in [-0.3, -0.25) is 9.59 Å². The molecule has 0 heterocycles. The van der Waals surface area contributed by atoms with E-state index in [4.69, 9.17) is 4.74 Å². The molecule has 1 N–H and O–H groups in total. The first-order chi connectivity index (χ1) is 10.6. The summed E-state index contributed by atoms with van der Waals surface area (Å²) < 4.78 is 4.83. The number of rotatable bonds is 5. The van der Waals surface area contributed by atoms with E-state index in [-0.39, 0.29) is 17.5 Å². The van der Waals surface area contributed by atoms with Gasteiger partial charge in [0.05, 0.1) is 13.0 Å². The Hall–Kier alpha value is -2.62. The lowest BCUT2D eigenvalue weighted by Crippen LogP contribution is -2.17. The average molecular weight is 298 g/mol. The summed E-state index contributed by atoms with van der Waals surface area (Å²) in [6.07, 6.45) is 0.539. The Morgan fingerprint density at radius 2 is 1.86 bits per heavy atom. The van der Waals surface area contributed by atoms with Gasteiger partial charge in [-0.15, -0.1) is 0 Å². The van der Waals surface area contributed by atoms with Crippen LogP contribution in [0.1, 0.15) is 40.7 Å². The van der Waals surface area contributed by atoms with Crippen LogP contribution in [0.2, 0.25) is 0 Å². The van der Waals surface area contributed by atoms with Crippen LogP contribution in [0, 0.1) is 0 Å². The quantitative estimate of drug-likeness (QED) is 0.679. The maximum absolute atomic E-state index is 12.7. The highest BCUT2D eigenvalue weighted by Crippen LogP contribution is 2.27. The number of carbonyl (C=O) groups is 2. The van der Waals surface area contributed by atoms with Gasteiger partial charge < -0.3 is 9.84 Å². The van der Waals surface area contributed by atoms with Crippen LogP contribution >= 0.6 is 0 Å². The van der Waals surface area contributed by atoms with Crippen LogP contribution in [0.4, 0.5) is 0 Å². The van der Waals surface area contributed by atoms with E-state index in [0.717, 1.165) is 0 Å². The molecule has 1 atom stereocenters. The minimum absolute atomic E-state index is 0.0309. The van der Waals surface area contributed by atoms with Crippen molar-refractivity contribution in [3.63, 3.8) is 0 Å². The van der Waals surface area contributed by atoms with Crippen LogP contribution in [-0.2, 0) is 9.53 Å². The molecule has 114 valence electrons. The molecule has 1 unspecified atom stereocenters. The molecule has 2 aromatic rings. The summed E-state index contributed by atoms with van der Waals surface area (Å²) in [6, 6.07) is 13.2. The van der Waals surface area contributed by atoms with Gasteiger partial charge in [0, 0.05) is 11.1 Å². The van der Waals surface area contributed by atoms with Crippen LogP contribution in [-0.4, -0.2) is 24.0 Å². The summed E-state index contributed by atoms with van der Waals surface area (Å²) in [5.74, 6) is -1.04. The van der Waals surface area contributed by atoms with Crippen LogP contribution in [0.5, 0.6) is 5.75 Å². The summed E-state index contributed by atoms with van der Waals surface area (Å²) in [5.41, 5.74) is 1.47. The van der Waals surface area contributed by atoms with Gasteiger partial charge in [-0.25, -0.2) is 0 Å². The number of methoxy groups -OCH3 is 1. The molecule has 0 aliphatic carbocycles. The molecule has 0 aromatic heterocycles. The fourth-order valence-electron chi connectivity index (χ4n) is 2.47. The Kier molecular flexibility index (Phi) is 4.94. The van der Waals surface area contributed by atoms with Gasteiger partial charge >= 0.3 is 5.97 Å². The highest BCUT2D eigenvalue weighted by atomic mass is 16.5. The van der Waals surface area contributed by atoms with E-state index in [9.17, 15) is 14.7 Å². The second-order valence-electron chi connectivity index (χ2n) is 4.95. The summed E-state index contributed by atoms with van der Waals surface area (Å²) in [5, 5.41) is 9.53. The van der Waals surface area contributed by atoms with Crippen LogP contribution in [0.15, 0.2) is 48.5 Å². The number of phenolic OH excluding ortho intramolecular Hbond substituents is 1. The molecule has 0 amide bonds. The van der Waals surface area contributed by atoms with Crippen molar-refractivity contribution in [3.05, 3.63) is 65.2 Å². The van der Waals surface area contributed by atoms with Crippen LogP contribution in [0.25, 0.3) is 0 Å². The average Bonchev–Trinajstić information content (AvgIpc) is 2.55. The standard InChI is InChI=1S/C18H18O4/c1-3-14(18(21)22-2)15-9-4-5-10-16(15)17(20)12-7-6-8-13(19)11-12/h4-11,14,19H,3H2,1-2H3. The topological polar surface area (TPSA) is 63.6 Å². The molecule has 4 nitrogen and oxygen atoms in total. The molecular formula is C18H18O4. The number of aromatic hydroxyl groups is 1. The van der Waals surface area contributed by atoms with Gasteiger partial charge in [-0.05, 0) is 24.1 Å². The maximum Gasteiger partial charge on any atom is 0.313 e. The van der Waals surface area contributed by atoms with Gasteiger partial charge in [0.25, 0.3) is 0 Å². The molecule has 0 saturated heterocycles. The van der Waals surface area contributed by atoms with Gasteiger partial charge in [0.15, 0.2) is 5.78 Å². The van der Waals surface area contributed by atoms with E-state index < -0.39 is 5.92 Å². The fourth-order valence-corrected chi connectivity index (χ4v) is 2.47. The molecule has 0 radical (unpaired) electrons. The fraction of sp³-hybridized carbons (Fsp3) is 0.222. The number of hydrogen-bond acceptors (Lipinski definition) is 4. The second-order valence-corrected chi connectivity index (χ2v) is 4.95. The van der Waals surface area contributed by atoms with Gasteiger partial charge in [0.1, 0.15) is 5.75 Å². The minimum Gasteiger partial charge on any atom is -0.508 e. The third kappa shape index (κ3) is 3.17. The van der Waals surface area contributed by atoms with Gasteiger partial charge in [0.2, 0.25) is 0 Å². The molecule has 22 heavy (non-hydrogen) atoms. The maximum atomic E-state index is 12.7. The zero-order valence-corrected chi connectivity index (χ0v) is 12.6. The van der Waals surface area contributed by atoms with Crippen molar-refractivity contribution in [2.24, 2.45) is 0 Å². The predicted octanol–water partition coefficient (Wildman–Crippen LogP) is 3.29. The molecule has 0 aliphatic heterocycles. The van der Waals surface area contributed by atoms with E-state index >= 15 is 0 Å². The molecule has 2 aromatic carbocycles. The first-order valence-corrected chi connectivity index (χ1v) is 7.09. The Morgan fingerprint density at radius 1 is 1.14 bits per heavy atom. The number of ether oxygens (including phenoxy) is 1. The molecule has 0 fully saturated rings. The number of benzene rings is 2. The SMILES string of the molecule is CCC(C(=O)OC)c1ccccc1C(=O)c1cccc(O)c1. The van der Waals surface area contributed by atoms with Crippen molar-refractivity contribution in [3.8, 4) is 5.75 Å². The summed E-state index contributed by atoms with van der Waals surface area (Å²) in [4.78, 5) is 24.6. The number of phenols is 1. The number of hydrogen-bond donors (Lipinski definition) is 1. The third-order valence-electron chi connectivity index (χ3n) is 3.58. The van der Waals surface area contributed by atoms with Gasteiger partial charge in [-0.1, -0.05) is 43.3 Å². The number of ketones is 1. The highest BCUT2D eigenvalue weighted by molar-refractivity contribution is 6.10. The van der Waals surface area contributed by atoms with Crippen LogP contribution < -0.4 is 0 Å². The lowest BCUT2D eigenvalue weighted by atomic mass is 9.88. The van der Waals surface area contributed by atoms with Crippen molar-refractivity contribution in [2.45, 2.75) is 19.3 Å². The van der Waals surface area contributed by atoms with E-state index in [1.807, 2.05) is 6.92 Å². The van der Waals surface area contributed by atoms with E-state index in [1.165, 1.54) is 19.2 Å². The van der Waals surface area contributed by atoms with Crippen molar-refractivity contribution in [1.82, 2.24) is 0 Å². The highest BCUT2D eigenvalue weighted by Gasteiger charge is 2.25. The monoisotopic (exact) mass is 298 g/mol. The second kappa shape index (κ2) is 6.89. The first kappa shape index (κ1) is 15.8. The molecule has 4 heteroatoms. The Balaban J connectivity index is 2.48. The van der Waals surface area contributed by atoms with Crippen molar-refractivity contribution in [1.29, 1.82) is 0 Å².